The van der Waals surface area contributed by atoms with Crippen molar-refractivity contribution in [2.45, 2.75) is 50.1 Å². The minimum absolute atomic E-state index is 0.120. The Morgan fingerprint density at radius 3 is 2.87 bits per heavy atom. The quantitative estimate of drug-likeness (QED) is 0.843. The van der Waals surface area contributed by atoms with Gasteiger partial charge in [-0.2, -0.15) is 0 Å². The van der Waals surface area contributed by atoms with Gasteiger partial charge in [0, 0.05) is 23.5 Å². The van der Waals surface area contributed by atoms with Crippen LogP contribution in [-0.2, 0) is 15.1 Å². The number of halogens is 1. The van der Waals surface area contributed by atoms with Gasteiger partial charge in [-0.25, -0.2) is 0 Å². The molecule has 1 aromatic rings. The predicted molar refractivity (Wildman–Crippen MR) is 94.3 cm³/mol. The van der Waals surface area contributed by atoms with Crippen LogP contribution >= 0.6 is 15.9 Å². The highest BCUT2D eigenvalue weighted by Gasteiger charge is 2.35. The first kappa shape index (κ1) is 16.9. The molecule has 2 aliphatic rings. The van der Waals surface area contributed by atoms with Crippen LogP contribution in [0.25, 0.3) is 0 Å². The molecule has 2 fully saturated rings. The topological polar surface area (TPSA) is 50.4 Å². The largest absolute Gasteiger partial charge is 0.378 e. The molecular formula is C18H25BrN2O2. The van der Waals surface area contributed by atoms with Gasteiger partial charge in [0.1, 0.15) is 0 Å². The SMILES string of the molecule is O=C(CC1COCCN1)NC1(c2cccc(Br)c2)CCCCC1. The summed E-state index contributed by atoms with van der Waals surface area (Å²) in [6, 6.07) is 8.50. The van der Waals surface area contributed by atoms with Crippen LogP contribution < -0.4 is 10.6 Å². The molecule has 0 radical (unpaired) electrons. The summed E-state index contributed by atoms with van der Waals surface area (Å²) in [6.07, 6.45) is 6.10. The van der Waals surface area contributed by atoms with Gasteiger partial charge in [0.05, 0.1) is 18.8 Å². The average Bonchev–Trinajstić information content (AvgIpc) is 2.56. The van der Waals surface area contributed by atoms with Crippen molar-refractivity contribution < 1.29 is 9.53 Å². The first-order chi connectivity index (χ1) is 11.2. The van der Waals surface area contributed by atoms with Gasteiger partial charge in [-0.05, 0) is 30.5 Å². The molecule has 0 spiro atoms. The van der Waals surface area contributed by atoms with E-state index in [-0.39, 0.29) is 17.5 Å². The van der Waals surface area contributed by atoms with Crippen molar-refractivity contribution in [1.82, 2.24) is 10.6 Å². The lowest BCUT2D eigenvalue weighted by Gasteiger charge is -2.39. The number of ether oxygens (including phenoxy) is 1. The first-order valence-electron chi connectivity index (χ1n) is 8.56. The van der Waals surface area contributed by atoms with Gasteiger partial charge in [0.2, 0.25) is 5.91 Å². The zero-order valence-electron chi connectivity index (χ0n) is 13.4. The van der Waals surface area contributed by atoms with Crippen molar-refractivity contribution in [3.05, 3.63) is 34.3 Å². The van der Waals surface area contributed by atoms with E-state index in [1.807, 2.05) is 6.07 Å². The molecule has 1 unspecified atom stereocenters. The zero-order valence-corrected chi connectivity index (χ0v) is 15.0. The number of carbonyl (C=O) groups excluding carboxylic acids is 1. The Hall–Kier alpha value is -0.910. The summed E-state index contributed by atoms with van der Waals surface area (Å²) in [5.74, 6) is 0.120. The third-order valence-electron chi connectivity index (χ3n) is 4.89. The fourth-order valence-corrected chi connectivity index (χ4v) is 4.12. The van der Waals surface area contributed by atoms with E-state index in [1.165, 1.54) is 12.0 Å². The Bertz CT molecular complexity index is 538. The molecule has 1 atom stereocenters. The summed E-state index contributed by atoms with van der Waals surface area (Å²) in [5.41, 5.74) is 1.00. The predicted octanol–water partition coefficient (Wildman–Crippen LogP) is 3.10. The minimum atomic E-state index is -0.214. The normalized spacial score (nSPS) is 24.1. The fraction of sp³-hybridized carbons (Fsp3) is 0.611. The lowest BCUT2D eigenvalue weighted by Crippen LogP contribution is -2.50. The highest BCUT2D eigenvalue weighted by Crippen LogP contribution is 2.38. The van der Waals surface area contributed by atoms with Crippen molar-refractivity contribution in [3.63, 3.8) is 0 Å². The van der Waals surface area contributed by atoms with Crippen molar-refractivity contribution in [2.75, 3.05) is 19.8 Å². The van der Waals surface area contributed by atoms with Gasteiger partial charge < -0.3 is 15.4 Å². The number of rotatable bonds is 4. The lowest BCUT2D eigenvalue weighted by atomic mass is 9.76. The van der Waals surface area contributed by atoms with Gasteiger partial charge in [-0.1, -0.05) is 47.3 Å². The minimum Gasteiger partial charge on any atom is -0.378 e. The monoisotopic (exact) mass is 380 g/mol. The number of morpholine rings is 1. The van der Waals surface area contributed by atoms with E-state index >= 15 is 0 Å². The second-order valence-corrected chi connectivity index (χ2v) is 7.55. The number of hydrogen-bond donors (Lipinski definition) is 2. The van der Waals surface area contributed by atoms with Crippen molar-refractivity contribution >= 4 is 21.8 Å². The zero-order chi connectivity index (χ0) is 16.1. The molecule has 1 aliphatic carbocycles. The van der Waals surface area contributed by atoms with E-state index in [1.54, 1.807) is 0 Å². The molecule has 126 valence electrons. The molecule has 1 saturated heterocycles. The molecule has 1 aromatic carbocycles. The maximum absolute atomic E-state index is 12.6. The number of nitrogens with one attached hydrogen (secondary N) is 2. The maximum Gasteiger partial charge on any atom is 0.222 e. The summed E-state index contributed by atoms with van der Waals surface area (Å²) < 4.78 is 6.52. The van der Waals surface area contributed by atoms with Gasteiger partial charge in [-0.15, -0.1) is 0 Å². The third kappa shape index (κ3) is 4.34. The molecule has 2 N–H and O–H groups in total. The van der Waals surface area contributed by atoms with E-state index in [2.05, 4.69) is 44.8 Å². The average molecular weight is 381 g/mol. The van der Waals surface area contributed by atoms with Crippen LogP contribution in [0.4, 0.5) is 0 Å². The maximum atomic E-state index is 12.6. The van der Waals surface area contributed by atoms with Crippen LogP contribution in [0.2, 0.25) is 0 Å². The highest BCUT2D eigenvalue weighted by molar-refractivity contribution is 9.10. The van der Waals surface area contributed by atoms with Gasteiger partial charge in [0.25, 0.3) is 0 Å². The summed E-state index contributed by atoms with van der Waals surface area (Å²) in [5, 5.41) is 6.72. The smallest absolute Gasteiger partial charge is 0.222 e. The molecule has 1 heterocycles. The highest BCUT2D eigenvalue weighted by atomic mass is 79.9. The lowest BCUT2D eigenvalue weighted by molar-refractivity contribution is -0.124. The number of hydrogen-bond acceptors (Lipinski definition) is 3. The molecule has 0 aromatic heterocycles. The second kappa shape index (κ2) is 7.77. The Morgan fingerprint density at radius 1 is 1.35 bits per heavy atom. The standard InChI is InChI=1S/C18H25BrN2O2/c19-15-6-4-5-14(11-15)18(7-2-1-3-8-18)21-17(22)12-16-13-23-10-9-20-16/h4-6,11,16,20H,1-3,7-10,12-13H2,(H,21,22). The molecule has 4 nitrogen and oxygen atoms in total. The molecule has 1 saturated carbocycles. The molecule has 3 rings (SSSR count). The molecule has 23 heavy (non-hydrogen) atoms. The van der Waals surface area contributed by atoms with E-state index in [4.69, 9.17) is 4.74 Å². The summed E-state index contributed by atoms with van der Waals surface area (Å²) >= 11 is 3.56. The summed E-state index contributed by atoms with van der Waals surface area (Å²) in [6.45, 7) is 2.19. The second-order valence-electron chi connectivity index (χ2n) is 6.63. The van der Waals surface area contributed by atoms with Gasteiger partial charge >= 0.3 is 0 Å². The summed E-state index contributed by atoms with van der Waals surface area (Å²) in [4.78, 5) is 12.6. The van der Waals surface area contributed by atoms with Crippen LogP contribution in [0, 0.1) is 0 Å². The Morgan fingerprint density at radius 2 is 2.17 bits per heavy atom. The molecular weight excluding hydrogens is 356 g/mol. The number of amides is 1. The van der Waals surface area contributed by atoms with Crippen molar-refractivity contribution in [3.8, 4) is 0 Å². The molecule has 5 heteroatoms. The van der Waals surface area contributed by atoms with E-state index in [9.17, 15) is 4.79 Å². The van der Waals surface area contributed by atoms with Crippen LogP contribution in [-0.4, -0.2) is 31.7 Å². The van der Waals surface area contributed by atoms with Gasteiger partial charge in [-0.3, -0.25) is 4.79 Å². The number of carbonyl (C=O) groups is 1. The Balaban J connectivity index is 1.72. The van der Waals surface area contributed by atoms with Crippen LogP contribution in [0.5, 0.6) is 0 Å². The van der Waals surface area contributed by atoms with Crippen LogP contribution in [0.3, 0.4) is 0 Å². The molecule has 1 amide bonds. The van der Waals surface area contributed by atoms with Crippen molar-refractivity contribution in [1.29, 1.82) is 0 Å². The Kier molecular flexibility index (Phi) is 5.72. The Labute approximate surface area is 146 Å². The van der Waals surface area contributed by atoms with E-state index in [0.717, 1.165) is 43.3 Å². The molecule has 0 bridgehead atoms. The van der Waals surface area contributed by atoms with Crippen LogP contribution in [0.1, 0.15) is 44.1 Å². The molecule has 1 aliphatic heterocycles. The van der Waals surface area contributed by atoms with Crippen molar-refractivity contribution in [2.24, 2.45) is 0 Å². The van der Waals surface area contributed by atoms with Crippen LogP contribution in [0.15, 0.2) is 28.7 Å². The van der Waals surface area contributed by atoms with Gasteiger partial charge in [0.15, 0.2) is 0 Å². The fourth-order valence-electron chi connectivity index (χ4n) is 3.72. The number of benzene rings is 1. The summed E-state index contributed by atoms with van der Waals surface area (Å²) in [7, 11) is 0. The van der Waals surface area contributed by atoms with E-state index in [0.29, 0.717) is 13.0 Å². The van der Waals surface area contributed by atoms with E-state index < -0.39 is 0 Å². The third-order valence-corrected chi connectivity index (χ3v) is 5.39. The first-order valence-corrected chi connectivity index (χ1v) is 9.35.